The molecule has 0 spiro atoms. The van der Waals surface area contributed by atoms with E-state index < -0.39 is 0 Å². The van der Waals surface area contributed by atoms with E-state index in [0.29, 0.717) is 17.8 Å². The highest BCUT2D eigenvalue weighted by molar-refractivity contribution is 6.32. The summed E-state index contributed by atoms with van der Waals surface area (Å²) in [6.45, 7) is 4.77. The highest BCUT2D eigenvalue weighted by Gasteiger charge is 2.59. The van der Waals surface area contributed by atoms with E-state index in [-0.39, 0.29) is 23.0 Å². The van der Waals surface area contributed by atoms with Crippen molar-refractivity contribution in [2.24, 2.45) is 28.6 Å². The molecule has 4 aliphatic rings. The molecule has 2 N–H and O–H groups in total. The van der Waals surface area contributed by atoms with Gasteiger partial charge in [-0.05, 0) is 85.3 Å². The van der Waals surface area contributed by atoms with Crippen molar-refractivity contribution in [3.63, 3.8) is 0 Å². The lowest BCUT2D eigenvalue weighted by Gasteiger charge is -2.57. The summed E-state index contributed by atoms with van der Waals surface area (Å²) in [5.41, 5.74) is 3.88. The monoisotopic (exact) mass is 412 g/mol. The number of allylic oxidation sites excluding steroid dienone is 1. The van der Waals surface area contributed by atoms with Gasteiger partial charge in [0.15, 0.2) is 0 Å². The molecule has 1 aromatic rings. The molecule has 0 amide bonds. The second-order valence-corrected chi connectivity index (χ2v) is 11.0. The molecule has 4 aliphatic carbocycles. The molecule has 1 aromatic carbocycles. The summed E-state index contributed by atoms with van der Waals surface area (Å²) in [5.74, 6) is 1.83. The molecule has 3 fully saturated rings. The zero-order chi connectivity index (χ0) is 20.4. The number of hydrogen-bond donors (Lipinski definition) is 2. The Labute approximate surface area is 179 Å². The predicted molar refractivity (Wildman–Crippen MR) is 119 cm³/mol. The van der Waals surface area contributed by atoms with E-state index in [1.165, 1.54) is 12.0 Å². The minimum Gasteiger partial charge on any atom is -0.393 e. The van der Waals surface area contributed by atoms with Crippen LogP contribution in [0.25, 0.3) is 6.08 Å². The molecule has 5 rings (SSSR count). The summed E-state index contributed by atoms with van der Waals surface area (Å²) in [5, 5.41) is 22.3. The highest BCUT2D eigenvalue weighted by atomic mass is 35.5. The quantitative estimate of drug-likeness (QED) is 0.554. The molecule has 0 saturated heterocycles. The average Bonchev–Trinajstić information content (AvgIpc) is 2.95. The number of aliphatic hydroxyl groups is 2. The van der Waals surface area contributed by atoms with Gasteiger partial charge in [-0.1, -0.05) is 61.4 Å². The first-order chi connectivity index (χ1) is 13.8. The fourth-order valence-corrected chi connectivity index (χ4v) is 7.62. The van der Waals surface area contributed by atoms with Crippen molar-refractivity contribution in [1.29, 1.82) is 0 Å². The number of hydrogen-bond acceptors (Lipinski definition) is 2. The zero-order valence-corrected chi connectivity index (χ0v) is 18.3. The van der Waals surface area contributed by atoms with Gasteiger partial charge in [-0.2, -0.15) is 0 Å². The number of rotatable bonds is 1. The minimum absolute atomic E-state index is 0.0376. The largest absolute Gasteiger partial charge is 0.393 e. The molecule has 3 heteroatoms. The van der Waals surface area contributed by atoms with E-state index in [0.717, 1.165) is 54.7 Å². The first kappa shape index (κ1) is 19.8. The summed E-state index contributed by atoms with van der Waals surface area (Å²) in [7, 11) is 0. The van der Waals surface area contributed by atoms with Gasteiger partial charge in [0.1, 0.15) is 0 Å². The van der Waals surface area contributed by atoms with Gasteiger partial charge in [-0.25, -0.2) is 0 Å². The second kappa shape index (κ2) is 6.97. The molecule has 7 atom stereocenters. The van der Waals surface area contributed by atoms with Crippen LogP contribution in [0.5, 0.6) is 0 Å². The van der Waals surface area contributed by atoms with Gasteiger partial charge < -0.3 is 10.2 Å². The minimum atomic E-state index is -0.379. The van der Waals surface area contributed by atoms with Gasteiger partial charge in [0.2, 0.25) is 0 Å². The maximum atomic E-state index is 11.4. The van der Waals surface area contributed by atoms with E-state index in [1.807, 2.05) is 24.3 Å². The number of aliphatic hydroxyl groups excluding tert-OH is 2. The Morgan fingerprint density at radius 1 is 1.03 bits per heavy atom. The van der Waals surface area contributed by atoms with Gasteiger partial charge in [0, 0.05) is 10.4 Å². The first-order valence-corrected chi connectivity index (χ1v) is 11.7. The Morgan fingerprint density at radius 3 is 2.62 bits per heavy atom. The third kappa shape index (κ3) is 2.98. The van der Waals surface area contributed by atoms with Crippen LogP contribution in [-0.4, -0.2) is 22.4 Å². The maximum absolute atomic E-state index is 11.4. The van der Waals surface area contributed by atoms with Crippen LogP contribution in [0.2, 0.25) is 5.02 Å². The molecular weight excluding hydrogens is 380 g/mol. The van der Waals surface area contributed by atoms with Crippen LogP contribution in [0.3, 0.4) is 0 Å². The van der Waals surface area contributed by atoms with Crippen molar-refractivity contribution >= 4 is 17.7 Å². The lowest BCUT2D eigenvalue weighted by Crippen LogP contribution is -2.51. The summed E-state index contributed by atoms with van der Waals surface area (Å²) >= 11 is 6.40. The smallest absolute Gasteiger partial charge is 0.0809 e. The topological polar surface area (TPSA) is 40.5 Å². The Hall–Kier alpha value is -1.09. The van der Waals surface area contributed by atoms with Crippen molar-refractivity contribution < 1.29 is 10.2 Å². The van der Waals surface area contributed by atoms with E-state index >= 15 is 0 Å². The van der Waals surface area contributed by atoms with Crippen LogP contribution in [0.15, 0.2) is 41.5 Å². The Balaban J connectivity index is 1.48. The molecule has 0 unspecified atom stereocenters. The Kier molecular flexibility index (Phi) is 4.77. The van der Waals surface area contributed by atoms with Crippen molar-refractivity contribution in [2.75, 3.05) is 0 Å². The lowest BCUT2D eigenvalue weighted by molar-refractivity contribution is -0.0685. The standard InChI is InChI=1S/C26H33ClO2/c1-25-11-9-19(28)15-18(25)7-8-20-21(25)10-12-26(2)22(20)14-17(24(26)29)13-16-5-3-4-6-23(16)27/h3-7,13,19-22,24,28-29H,8-12,14-15H2,1-2H3/b17-13+/t19-,20-,21+,22+,24-,25-,26-/m0/s1. The number of benzene rings is 1. The molecule has 0 aliphatic heterocycles. The lowest BCUT2D eigenvalue weighted by atomic mass is 9.48. The van der Waals surface area contributed by atoms with Crippen molar-refractivity contribution in [3.05, 3.63) is 52.1 Å². The van der Waals surface area contributed by atoms with Gasteiger partial charge >= 0.3 is 0 Å². The molecule has 2 nitrogen and oxygen atoms in total. The Morgan fingerprint density at radius 2 is 1.83 bits per heavy atom. The van der Waals surface area contributed by atoms with Crippen LogP contribution in [0, 0.1) is 28.6 Å². The molecule has 29 heavy (non-hydrogen) atoms. The average molecular weight is 413 g/mol. The fraction of sp³-hybridized carbons (Fsp3) is 0.615. The molecule has 0 bridgehead atoms. The molecule has 3 saturated carbocycles. The summed E-state index contributed by atoms with van der Waals surface area (Å²) < 4.78 is 0. The van der Waals surface area contributed by atoms with E-state index in [9.17, 15) is 10.2 Å². The summed E-state index contributed by atoms with van der Waals surface area (Å²) in [6.07, 6.45) is 11.3. The van der Waals surface area contributed by atoms with E-state index in [1.54, 1.807) is 0 Å². The second-order valence-electron chi connectivity index (χ2n) is 10.5. The van der Waals surface area contributed by atoms with Crippen LogP contribution in [-0.2, 0) is 0 Å². The third-order valence-corrected chi connectivity index (χ3v) is 9.54. The van der Waals surface area contributed by atoms with Crippen LogP contribution >= 0.6 is 11.6 Å². The molecular formula is C26H33ClO2. The molecule has 0 radical (unpaired) electrons. The van der Waals surface area contributed by atoms with Gasteiger partial charge in [-0.15, -0.1) is 0 Å². The molecule has 156 valence electrons. The van der Waals surface area contributed by atoms with Gasteiger partial charge in [-0.3, -0.25) is 0 Å². The SMILES string of the molecule is C[C@]12CC[C@@H]3[C@H](CC=C4C[C@@H](O)CC[C@@]43C)[C@H]1C/C(=C\c1ccccc1Cl)[C@@H]2O. The highest BCUT2D eigenvalue weighted by Crippen LogP contribution is 2.65. The molecule has 0 heterocycles. The maximum Gasteiger partial charge on any atom is 0.0809 e. The number of halogens is 1. The van der Waals surface area contributed by atoms with Gasteiger partial charge in [0.25, 0.3) is 0 Å². The van der Waals surface area contributed by atoms with E-state index in [2.05, 4.69) is 26.0 Å². The first-order valence-electron chi connectivity index (χ1n) is 11.3. The van der Waals surface area contributed by atoms with E-state index in [4.69, 9.17) is 11.6 Å². The summed E-state index contributed by atoms with van der Waals surface area (Å²) in [6, 6.07) is 7.93. The predicted octanol–water partition coefficient (Wildman–Crippen LogP) is 6.02. The zero-order valence-electron chi connectivity index (χ0n) is 17.6. The number of fused-ring (bicyclic) bond motifs is 5. The van der Waals surface area contributed by atoms with Crippen LogP contribution in [0.1, 0.15) is 64.4 Å². The van der Waals surface area contributed by atoms with Crippen LogP contribution in [0.4, 0.5) is 0 Å². The van der Waals surface area contributed by atoms with Crippen molar-refractivity contribution in [1.82, 2.24) is 0 Å². The molecule has 0 aromatic heterocycles. The van der Waals surface area contributed by atoms with Crippen molar-refractivity contribution in [2.45, 2.75) is 71.0 Å². The van der Waals surface area contributed by atoms with Crippen LogP contribution < -0.4 is 0 Å². The summed E-state index contributed by atoms with van der Waals surface area (Å²) in [4.78, 5) is 0. The van der Waals surface area contributed by atoms with Gasteiger partial charge in [0.05, 0.1) is 12.2 Å². The third-order valence-electron chi connectivity index (χ3n) is 9.19. The van der Waals surface area contributed by atoms with Crippen molar-refractivity contribution in [3.8, 4) is 0 Å². The normalized spacial score (nSPS) is 45.3. The fourth-order valence-electron chi connectivity index (χ4n) is 7.43. The Bertz CT molecular complexity index is 873.